The average Bonchev–Trinajstić information content (AvgIpc) is 3.09. The zero-order valence-electron chi connectivity index (χ0n) is 20.6. The van der Waals surface area contributed by atoms with Crippen LogP contribution in [-0.2, 0) is 14.5 Å². The smallest absolute Gasteiger partial charge is 0.383 e. The number of nitrogens with one attached hydrogen (secondary N) is 1. The number of halogens is 5. The van der Waals surface area contributed by atoms with E-state index in [4.69, 9.17) is 4.78 Å². The molecule has 4 nitrogen and oxygen atoms in total. The second kappa shape index (κ2) is 8.21. The van der Waals surface area contributed by atoms with Crippen molar-refractivity contribution in [3.63, 3.8) is 0 Å². The molecule has 2 saturated carbocycles. The number of allylic oxidation sites excluding steroid dienone is 4. The molecular weight excluding hydrogens is 513 g/mol. The van der Waals surface area contributed by atoms with Crippen LogP contribution in [0.15, 0.2) is 52.0 Å². The van der Waals surface area contributed by atoms with Crippen LogP contribution in [0.3, 0.4) is 0 Å². The topological polar surface area (TPSA) is 78.2 Å². The van der Waals surface area contributed by atoms with Crippen LogP contribution in [0.25, 0.3) is 0 Å². The van der Waals surface area contributed by atoms with Gasteiger partial charge in [-0.2, -0.15) is 22.0 Å². The molecule has 0 aromatic heterocycles. The molecule has 4 aliphatic rings. The fourth-order valence-electron chi connectivity index (χ4n) is 7.67. The maximum atomic E-state index is 15.0. The first-order valence-electron chi connectivity index (χ1n) is 12.5. The van der Waals surface area contributed by atoms with E-state index >= 15 is 0 Å². The Morgan fingerprint density at radius 2 is 1.70 bits per heavy atom. The minimum atomic E-state index is -5.89. The molecule has 2 N–H and O–H groups in total. The Bertz CT molecular complexity index is 1310. The van der Waals surface area contributed by atoms with E-state index < -0.39 is 51.1 Å². The highest BCUT2D eigenvalue weighted by Gasteiger charge is 2.79. The molecule has 6 atom stereocenters. The lowest BCUT2D eigenvalue weighted by Gasteiger charge is -2.56. The van der Waals surface area contributed by atoms with E-state index in [0.29, 0.717) is 36.1 Å². The molecule has 202 valence electrons. The van der Waals surface area contributed by atoms with Crippen molar-refractivity contribution in [3.05, 3.63) is 52.6 Å². The molecule has 5 rings (SSSR count). The number of hydrogen-bond acceptors (Lipinski definition) is 4. The third-order valence-corrected chi connectivity index (χ3v) is 10.7. The summed E-state index contributed by atoms with van der Waals surface area (Å²) in [6, 6.07) is 6.39. The Labute approximate surface area is 213 Å². The second-order valence-corrected chi connectivity index (χ2v) is 13.5. The van der Waals surface area contributed by atoms with Crippen molar-refractivity contribution in [3.8, 4) is 0 Å². The molecule has 0 bridgehead atoms. The lowest BCUT2D eigenvalue weighted by Crippen LogP contribution is -2.65. The molecule has 2 fully saturated rings. The van der Waals surface area contributed by atoms with Gasteiger partial charge in [-0.1, -0.05) is 24.6 Å². The molecule has 0 radical (unpaired) electrons. The highest BCUT2D eigenvalue weighted by atomic mass is 32.2. The first-order valence-corrected chi connectivity index (χ1v) is 14.5. The number of aliphatic hydroxyl groups is 1. The molecule has 0 amide bonds. The molecular formula is C27H30F5NO3S. The normalized spacial score (nSPS) is 35.8. The van der Waals surface area contributed by atoms with Crippen molar-refractivity contribution < 1.29 is 36.1 Å². The average molecular weight is 544 g/mol. The summed E-state index contributed by atoms with van der Waals surface area (Å²) in [4.78, 5) is 12.4. The van der Waals surface area contributed by atoms with E-state index in [1.807, 2.05) is 0 Å². The van der Waals surface area contributed by atoms with Gasteiger partial charge in [0.2, 0.25) is 0 Å². The Kier molecular flexibility index (Phi) is 5.89. The molecule has 1 aromatic carbocycles. The van der Waals surface area contributed by atoms with Gasteiger partial charge in [0.1, 0.15) is 5.60 Å². The number of carbonyl (C=O) groups excluding carboxylic acids is 1. The predicted molar refractivity (Wildman–Crippen MR) is 128 cm³/mol. The van der Waals surface area contributed by atoms with Gasteiger partial charge in [0.15, 0.2) is 5.78 Å². The summed E-state index contributed by atoms with van der Waals surface area (Å²) >= 11 is 0. The minimum Gasteiger partial charge on any atom is -0.383 e. The molecule has 0 saturated heterocycles. The van der Waals surface area contributed by atoms with E-state index in [2.05, 4.69) is 0 Å². The van der Waals surface area contributed by atoms with Crippen molar-refractivity contribution in [1.29, 1.82) is 4.78 Å². The largest absolute Gasteiger partial charge is 0.456 e. The Morgan fingerprint density at radius 3 is 2.30 bits per heavy atom. The van der Waals surface area contributed by atoms with Gasteiger partial charge in [0.25, 0.3) is 0 Å². The van der Waals surface area contributed by atoms with Gasteiger partial charge >= 0.3 is 12.1 Å². The maximum absolute atomic E-state index is 15.0. The molecule has 0 heterocycles. The molecule has 37 heavy (non-hydrogen) atoms. The van der Waals surface area contributed by atoms with Gasteiger partial charge in [-0.3, -0.25) is 4.79 Å². The SMILES string of the molecule is C[C@]12C[C@H](c3ccc([S@@](C)(=N)=O)cc3)C3=C4CCC(=O)C=C4CCC3C1CC[C@@]2(O)C(F)(F)C(F)(F)F. The van der Waals surface area contributed by atoms with E-state index in [9.17, 15) is 36.1 Å². The number of alkyl halides is 5. The molecule has 0 spiro atoms. The lowest BCUT2D eigenvalue weighted by atomic mass is 9.50. The minimum absolute atomic E-state index is 0.0209. The Hall–Kier alpha value is -2.07. The van der Waals surface area contributed by atoms with Crippen molar-refractivity contribution in [1.82, 2.24) is 0 Å². The van der Waals surface area contributed by atoms with Crippen LogP contribution in [0, 0.1) is 22.0 Å². The van der Waals surface area contributed by atoms with Crippen LogP contribution in [0.2, 0.25) is 0 Å². The van der Waals surface area contributed by atoms with Crippen molar-refractivity contribution in [2.75, 3.05) is 6.26 Å². The summed E-state index contributed by atoms with van der Waals surface area (Å²) in [5, 5.41) is 11.3. The van der Waals surface area contributed by atoms with Gasteiger partial charge < -0.3 is 5.11 Å². The van der Waals surface area contributed by atoms with E-state index in [1.54, 1.807) is 18.2 Å². The molecule has 2 unspecified atom stereocenters. The number of hydrogen-bond donors (Lipinski definition) is 2. The van der Waals surface area contributed by atoms with Crippen LogP contribution in [0.5, 0.6) is 0 Å². The quantitative estimate of drug-likeness (QED) is 0.425. The fraction of sp³-hybridized carbons (Fsp3) is 0.593. The van der Waals surface area contributed by atoms with Crippen LogP contribution in [0.1, 0.15) is 63.4 Å². The van der Waals surface area contributed by atoms with Gasteiger partial charge in [-0.25, -0.2) is 8.99 Å². The Morgan fingerprint density at radius 1 is 1.05 bits per heavy atom. The van der Waals surface area contributed by atoms with Gasteiger partial charge in [0.05, 0.1) is 9.73 Å². The summed E-state index contributed by atoms with van der Waals surface area (Å²) in [6.07, 6.45) is -1.83. The van der Waals surface area contributed by atoms with E-state index in [-0.39, 0.29) is 24.5 Å². The molecule has 4 aliphatic carbocycles. The first-order chi connectivity index (χ1) is 17.0. The lowest BCUT2D eigenvalue weighted by molar-refractivity contribution is -0.362. The van der Waals surface area contributed by atoms with Crippen LogP contribution >= 0.6 is 0 Å². The molecule has 1 aromatic rings. The summed E-state index contributed by atoms with van der Waals surface area (Å²) in [5.74, 6) is -6.68. The van der Waals surface area contributed by atoms with Crippen LogP contribution in [-0.4, -0.2) is 39.1 Å². The third kappa shape index (κ3) is 3.76. The van der Waals surface area contributed by atoms with Crippen molar-refractivity contribution in [2.24, 2.45) is 17.3 Å². The number of rotatable bonds is 3. The first kappa shape index (κ1) is 26.5. The van der Waals surface area contributed by atoms with Crippen molar-refractivity contribution in [2.45, 2.75) is 80.4 Å². The monoisotopic (exact) mass is 543 g/mol. The number of benzene rings is 1. The van der Waals surface area contributed by atoms with Gasteiger partial charge in [-0.05, 0) is 85.3 Å². The maximum Gasteiger partial charge on any atom is 0.456 e. The van der Waals surface area contributed by atoms with E-state index in [0.717, 1.165) is 16.7 Å². The van der Waals surface area contributed by atoms with Gasteiger partial charge in [0, 0.05) is 28.9 Å². The summed E-state index contributed by atoms with van der Waals surface area (Å²) in [6.45, 7) is 1.38. The van der Waals surface area contributed by atoms with Crippen LogP contribution in [0.4, 0.5) is 22.0 Å². The zero-order chi connectivity index (χ0) is 27.2. The Balaban J connectivity index is 1.69. The fourth-order valence-corrected chi connectivity index (χ4v) is 8.33. The standard InChI is InChI=1S/C27H30F5NO3S/c1-24-14-21(15-3-7-18(8-4-15)37(2,33)36)23-19-10-6-17(34)13-16(19)5-9-20(23)22(24)11-12-25(24,35)26(28,29)27(30,31)32/h3-4,7-8,13,20-22,33,35H,5-6,9-12,14H2,1-2H3/t20?,21-,22?,24+,25+,37+/m1/s1. The van der Waals surface area contributed by atoms with E-state index in [1.165, 1.54) is 25.3 Å². The third-order valence-electron chi connectivity index (χ3n) is 9.49. The highest BCUT2D eigenvalue weighted by molar-refractivity contribution is 7.91. The second-order valence-electron chi connectivity index (χ2n) is 11.4. The van der Waals surface area contributed by atoms with Crippen LogP contribution < -0.4 is 0 Å². The highest BCUT2D eigenvalue weighted by Crippen LogP contribution is 2.70. The molecule has 0 aliphatic heterocycles. The summed E-state index contributed by atoms with van der Waals surface area (Å²) in [7, 11) is -3.00. The van der Waals surface area contributed by atoms with Gasteiger partial charge in [-0.15, -0.1) is 0 Å². The summed E-state index contributed by atoms with van der Waals surface area (Å²) < 4.78 is 90.9. The molecule has 10 heteroatoms. The number of fused-ring (bicyclic) bond motifs is 4. The number of ketones is 1. The predicted octanol–water partition coefficient (Wildman–Crippen LogP) is 6.55. The zero-order valence-corrected chi connectivity index (χ0v) is 21.4. The number of carbonyl (C=O) groups is 1. The summed E-state index contributed by atoms with van der Waals surface area (Å²) in [5.41, 5.74) is -1.45. The van der Waals surface area contributed by atoms with Crippen molar-refractivity contribution >= 4 is 15.5 Å².